The van der Waals surface area contributed by atoms with E-state index < -0.39 is 0 Å². The molecular weight excluding hydrogens is 297 g/mol. The first-order valence-corrected chi connectivity index (χ1v) is 7.06. The number of carbonyl (C=O) groups is 1. The molecule has 1 heterocycles. The Labute approximate surface area is 132 Å². The molecule has 3 rings (SSSR count). The number of oxazole rings is 1. The predicted octanol–water partition coefficient (Wildman–Crippen LogP) is 4.26. The molecule has 0 unspecified atom stereocenters. The fourth-order valence-electron chi connectivity index (χ4n) is 2.07. The molecule has 4 nitrogen and oxygen atoms in total. The number of nitrogens with zero attached hydrogens (tertiary/aromatic N) is 1. The number of benzene rings is 2. The number of ether oxygens (including phenoxy) is 1. The lowest BCUT2D eigenvalue weighted by molar-refractivity contribution is 0.101. The van der Waals surface area contributed by atoms with Crippen molar-refractivity contribution < 1.29 is 18.3 Å². The highest BCUT2D eigenvalue weighted by atomic mass is 19.1. The van der Waals surface area contributed by atoms with E-state index in [0.29, 0.717) is 23.0 Å². The van der Waals surface area contributed by atoms with Gasteiger partial charge in [-0.25, -0.2) is 9.37 Å². The Bertz CT molecular complexity index is 824. The molecular formula is C18H14FNO3. The zero-order valence-corrected chi connectivity index (χ0v) is 12.5. The maximum atomic E-state index is 12.9. The Morgan fingerprint density at radius 3 is 2.74 bits per heavy atom. The van der Waals surface area contributed by atoms with Crippen molar-refractivity contribution >= 4 is 5.78 Å². The van der Waals surface area contributed by atoms with Crippen molar-refractivity contribution in [2.75, 3.05) is 0 Å². The number of carbonyl (C=O) groups excluding carboxylic acids is 1. The lowest BCUT2D eigenvalue weighted by Gasteiger charge is -2.04. The lowest BCUT2D eigenvalue weighted by atomic mass is 10.1. The van der Waals surface area contributed by atoms with Crippen LogP contribution in [0.2, 0.25) is 0 Å². The van der Waals surface area contributed by atoms with Gasteiger partial charge in [-0.1, -0.05) is 12.1 Å². The molecule has 0 aliphatic heterocycles. The van der Waals surface area contributed by atoms with Crippen LogP contribution in [-0.2, 0) is 6.61 Å². The normalized spacial score (nSPS) is 10.5. The number of ketones is 1. The summed E-state index contributed by atoms with van der Waals surface area (Å²) in [5.74, 6) is 1.19. The third-order valence-electron chi connectivity index (χ3n) is 3.29. The zero-order valence-electron chi connectivity index (χ0n) is 12.5. The van der Waals surface area contributed by atoms with Gasteiger partial charge in [-0.15, -0.1) is 0 Å². The van der Waals surface area contributed by atoms with Crippen LogP contribution in [0.1, 0.15) is 23.2 Å². The Kier molecular flexibility index (Phi) is 4.19. The Morgan fingerprint density at radius 1 is 1.22 bits per heavy atom. The van der Waals surface area contributed by atoms with Gasteiger partial charge in [-0.3, -0.25) is 4.79 Å². The van der Waals surface area contributed by atoms with Crippen LogP contribution >= 0.6 is 0 Å². The van der Waals surface area contributed by atoms with Crippen molar-refractivity contribution in [3.63, 3.8) is 0 Å². The minimum atomic E-state index is -0.304. The van der Waals surface area contributed by atoms with Gasteiger partial charge in [0.05, 0.1) is 6.20 Å². The third kappa shape index (κ3) is 3.63. The summed E-state index contributed by atoms with van der Waals surface area (Å²) >= 11 is 0. The van der Waals surface area contributed by atoms with Gasteiger partial charge >= 0.3 is 0 Å². The molecule has 116 valence electrons. The first-order chi connectivity index (χ1) is 11.1. The van der Waals surface area contributed by atoms with Gasteiger partial charge < -0.3 is 9.15 Å². The largest absolute Gasteiger partial charge is 0.484 e. The van der Waals surface area contributed by atoms with Crippen LogP contribution in [0.3, 0.4) is 0 Å². The van der Waals surface area contributed by atoms with Crippen LogP contribution in [0.5, 0.6) is 5.75 Å². The Balaban J connectivity index is 1.69. The Morgan fingerprint density at radius 2 is 2.00 bits per heavy atom. The van der Waals surface area contributed by atoms with Crippen molar-refractivity contribution in [1.82, 2.24) is 4.98 Å². The standard InChI is InChI=1S/C18H14FNO3/c1-12(21)14-3-2-4-16(9-14)22-11-18-20-10-17(23-18)13-5-7-15(19)8-6-13/h2-10H,11H2,1H3. The van der Waals surface area contributed by atoms with Crippen LogP contribution in [0.15, 0.2) is 59.1 Å². The molecule has 0 radical (unpaired) electrons. The van der Waals surface area contributed by atoms with E-state index in [4.69, 9.17) is 9.15 Å². The molecule has 23 heavy (non-hydrogen) atoms. The minimum Gasteiger partial charge on any atom is -0.484 e. The third-order valence-corrected chi connectivity index (χ3v) is 3.29. The van der Waals surface area contributed by atoms with Crippen molar-refractivity contribution in [2.24, 2.45) is 0 Å². The van der Waals surface area contributed by atoms with E-state index in [0.717, 1.165) is 5.56 Å². The fraction of sp³-hybridized carbons (Fsp3) is 0.111. The molecule has 0 saturated carbocycles. The number of rotatable bonds is 5. The first kappa shape index (κ1) is 15.0. The fourth-order valence-corrected chi connectivity index (χ4v) is 2.07. The quantitative estimate of drug-likeness (QED) is 0.661. The average Bonchev–Trinajstić information content (AvgIpc) is 3.03. The highest BCUT2D eigenvalue weighted by molar-refractivity contribution is 5.94. The zero-order chi connectivity index (χ0) is 16.2. The number of hydrogen-bond acceptors (Lipinski definition) is 4. The second-order valence-corrected chi connectivity index (χ2v) is 5.00. The molecule has 0 aliphatic rings. The molecule has 0 bridgehead atoms. The molecule has 0 saturated heterocycles. The van der Waals surface area contributed by atoms with E-state index in [1.807, 2.05) is 0 Å². The molecule has 0 amide bonds. The predicted molar refractivity (Wildman–Crippen MR) is 82.7 cm³/mol. The maximum Gasteiger partial charge on any atom is 0.232 e. The summed E-state index contributed by atoms with van der Waals surface area (Å²) < 4.78 is 24.1. The molecule has 0 spiro atoms. The van der Waals surface area contributed by atoms with Crippen LogP contribution in [-0.4, -0.2) is 10.8 Å². The first-order valence-electron chi connectivity index (χ1n) is 7.06. The lowest BCUT2D eigenvalue weighted by Crippen LogP contribution is -1.97. The summed E-state index contributed by atoms with van der Waals surface area (Å²) in [4.78, 5) is 15.5. The van der Waals surface area contributed by atoms with Crippen LogP contribution in [0.4, 0.5) is 4.39 Å². The van der Waals surface area contributed by atoms with E-state index >= 15 is 0 Å². The van der Waals surface area contributed by atoms with Gasteiger partial charge in [-0.05, 0) is 43.3 Å². The summed E-state index contributed by atoms with van der Waals surface area (Å²) in [5, 5.41) is 0. The molecule has 0 N–H and O–H groups in total. The summed E-state index contributed by atoms with van der Waals surface area (Å²) in [6, 6.07) is 12.9. The van der Waals surface area contributed by atoms with Gasteiger partial charge in [0.25, 0.3) is 0 Å². The SMILES string of the molecule is CC(=O)c1cccc(OCc2ncc(-c3ccc(F)cc3)o2)c1. The number of aromatic nitrogens is 1. The highest BCUT2D eigenvalue weighted by Crippen LogP contribution is 2.22. The summed E-state index contributed by atoms with van der Waals surface area (Å²) in [6.07, 6.45) is 1.57. The molecule has 0 aliphatic carbocycles. The topological polar surface area (TPSA) is 52.3 Å². The van der Waals surface area contributed by atoms with Crippen molar-refractivity contribution in [3.8, 4) is 17.1 Å². The number of Topliss-reactive ketones (excluding diaryl/α,β-unsaturated/α-hetero) is 1. The van der Waals surface area contributed by atoms with Gasteiger partial charge in [-0.2, -0.15) is 0 Å². The molecule has 5 heteroatoms. The monoisotopic (exact) mass is 311 g/mol. The van der Waals surface area contributed by atoms with Crippen LogP contribution in [0, 0.1) is 5.82 Å². The molecule has 0 fully saturated rings. The minimum absolute atomic E-state index is 0.0230. The van der Waals surface area contributed by atoms with Crippen molar-refractivity contribution in [1.29, 1.82) is 0 Å². The van der Waals surface area contributed by atoms with E-state index in [1.165, 1.54) is 19.1 Å². The Hall–Kier alpha value is -2.95. The molecule has 1 aromatic heterocycles. The molecule has 2 aromatic carbocycles. The van der Waals surface area contributed by atoms with E-state index in [-0.39, 0.29) is 18.2 Å². The maximum absolute atomic E-state index is 12.9. The van der Waals surface area contributed by atoms with Gasteiger partial charge in [0.15, 0.2) is 18.2 Å². The summed E-state index contributed by atoms with van der Waals surface area (Å²) in [6.45, 7) is 1.64. The molecule has 0 atom stereocenters. The van der Waals surface area contributed by atoms with Crippen molar-refractivity contribution in [2.45, 2.75) is 13.5 Å². The van der Waals surface area contributed by atoms with Gasteiger partial charge in [0.2, 0.25) is 5.89 Å². The van der Waals surface area contributed by atoms with Crippen molar-refractivity contribution in [3.05, 3.63) is 72.0 Å². The number of halogens is 1. The van der Waals surface area contributed by atoms with Gasteiger partial charge in [0.1, 0.15) is 11.6 Å². The van der Waals surface area contributed by atoms with Gasteiger partial charge in [0, 0.05) is 11.1 Å². The second-order valence-electron chi connectivity index (χ2n) is 5.00. The van der Waals surface area contributed by atoms with E-state index in [2.05, 4.69) is 4.98 Å². The van der Waals surface area contributed by atoms with E-state index in [9.17, 15) is 9.18 Å². The average molecular weight is 311 g/mol. The second kappa shape index (κ2) is 6.44. The molecule has 3 aromatic rings. The smallest absolute Gasteiger partial charge is 0.232 e. The summed E-state index contributed by atoms with van der Waals surface area (Å²) in [5.41, 5.74) is 1.32. The van der Waals surface area contributed by atoms with Crippen LogP contribution in [0.25, 0.3) is 11.3 Å². The van der Waals surface area contributed by atoms with Crippen LogP contribution < -0.4 is 4.74 Å². The highest BCUT2D eigenvalue weighted by Gasteiger charge is 2.08. The van der Waals surface area contributed by atoms with E-state index in [1.54, 1.807) is 42.6 Å². The summed E-state index contributed by atoms with van der Waals surface area (Å²) in [7, 11) is 0. The number of hydrogen-bond donors (Lipinski definition) is 0.